The summed E-state index contributed by atoms with van der Waals surface area (Å²) in [4.78, 5) is 7.32. The summed E-state index contributed by atoms with van der Waals surface area (Å²) < 4.78 is 5.35. The number of nitrogens with one attached hydrogen (secondary N) is 2. The molecule has 0 spiro atoms. The molecule has 0 saturated carbocycles. The van der Waals surface area contributed by atoms with Crippen molar-refractivity contribution in [1.82, 2.24) is 15.5 Å². The standard InChI is InChI=1S/C19H34N4O.HI/c1-3-20-19(22-13-11-18-10-8-16-24-18)21-12-5-7-15-23-14-6-4-9-17(23)2;/h8,10,16-17H,3-7,9,11-15H2,1-2H3,(H2,20,21,22);1H. The molecule has 2 N–H and O–H groups in total. The van der Waals surface area contributed by atoms with E-state index in [-0.39, 0.29) is 24.0 Å². The number of guanidine groups is 1. The van der Waals surface area contributed by atoms with Crippen LogP contribution in [0.15, 0.2) is 27.8 Å². The fourth-order valence-electron chi connectivity index (χ4n) is 3.21. The maximum atomic E-state index is 5.35. The van der Waals surface area contributed by atoms with Gasteiger partial charge in [0.2, 0.25) is 0 Å². The fourth-order valence-corrected chi connectivity index (χ4v) is 3.21. The van der Waals surface area contributed by atoms with Crippen molar-refractivity contribution in [2.24, 2.45) is 4.99 Å². The third-order valence-electron chi connectivity index (χ3n) is 4.65. The van der Waals surface area contributed by atoms with Crippen LogP contribution in [0.3, 0.4) is 0 Å². The lowest BCUT2D eigenvalue weighted by molar-refractivity contribution is 0.158. The predicted octanol–water partition coefficient (Wildman–Crippen LogP) is 3.65. The Morgan fingerprint density at radius 1 is 1.32 bits per heavy atom. The van der Waals surface area contributed by atoms with Crippen LogP contribution in [0, 0.1) is 0 Å². The highest BCUT2D eigenvalue weighted by Gasteiger charge is 2.16. The number of piperidine rings is 1. The lowest BCUT2D eigenvalue weighted by Gasteiger charge is -2.33. The highest BCUT2D eigenvalue weighted by molar-refractivity contribution is 14.0. The molecule has 25 heavy (non-hydrogen) atoms. The van der Waals surface area contributed by atoms with E-state index in [0.717, 1.165) is 50.2 Å². The summed E-state index contributed by atoms with van der Waals surface area (Å²) in [5.41, 5.74) is 0. The predicted molar refractivity (Wildman–Crippen MR) is 116 cm³/mol. The largest absolute Gasteiger partial charge is 0.469 e. The molecule has 1 aromatic rings. The summed E-state index contributed by atoms with van der Waals surface area (Å²) in [6.45, 7) is 9.58. The van der Waals surface area contributed by atoms with Crippen LogP contribution in [0.4, 0.5) is 0 Å². The fraction of sp³-hybridized carbons (Fsp3) is 0.737. The van der Waals surface area contributed by atoms with Gasteiger partial charge in [0.25, 0.3) is 0 Å². The van der Waals surface area contributed by atoms with Gasteiger partial charge in [-0.3, -0.25) is 4.99 Å². The number of aliphatic imine (C=N–C) groups is 1. The molecule has 0 bridgehead atoms. The lowest BCUT2D eigenvalue weighted by atomic mass is 10.0. The molecule has 0 aromatic carbocycles. The lowest BCUT2D eigenvalue weighted by Crippen LogP contribution is -2.38. The number of halogens is 1. The SMILES string of the molecule is CCNC(=NCCCCN1CCCCC1C)NCCc1ccco1.I. The molecule has 1 saturated heterocycles. The second kappa shape index (κ2) is 13.4. The Morgan fingerprint density at radius 3 is 2.92 bits per heavy atom. The van der Waals surface area contributed by atoms with E-state index in [2.05, 4.69) is 34.4 Å². The number of unbranched alkanes of at least 4 members (excludes halogenated alkanes) is 1. The average Bonchev–Trinajstić information content (AvgIpc) is 3.09. The van der Waals surface area contributed by atoms with Crippen LogP contribution >= 0.6 is 24.0 Å². The first-order valence-corrected chi connectivity index (χ1v) is 9.58. The Labute approximate surface area is 170 Å². The maximum absolute atomic E-state index is 5.35. The summed E-state index contributed by atoms with van der Waals surface area (Å²) in [6, 6.07) is 4.70. The molecule has 1 unspecified atom stereocenters. The molecular formula is C19H35IN4O. The van der Waals surface area contributed by atoms with Crippen molar-refractivity contribution in [2.75, 3.05) is 32.7 Å². The first kappa shape index (κ1) is 22.3. The molecule has 1 atom stereocenters. The minimum Gasteiger partial charge on any atom is -0.469 e. The van der Waals surface area contributed by atoms with E-state index in [9.17, 15) is 0 Å². The second-order valence-electron chi connectivity index (χ2n) is 6.60. The second-order valence-corrected chi connectivity index (χ2v) is 6.60. The molecule has 6 heteroatoms. The molecule has 1 aliphatic rings. The summed E-state index contributed by atoms with van der Waals surface area (Å²) in [7, 11) is 0. The van der Waals surface area contributed by atoms with Crippen molar-refractivity contribution in [3.8, 4) is 0 Å². The van der Waals surface area contributed by atoms with Gasteiger partial charge in [0, 0.05) is 32.1 Å². The van der Waals surface area contributed by atoms with Gasteiger partial charge in [-0.05, 0) is 64.8 Å². The number of rotatable bonds is 9. The molecule has 0 amide bonds. The van der Waals surface area contributed by atoms with Crippen LogP contribution < -0.4 is 10.6 Å². The molecule has 1 aliphatic heterocycles. The molecule has 1 aromatic heterocycles. The third-order valence-corrected chi connectivity index (χ3v) is 4.65. The number of hydrogen-bond acceptors (Lipinski definition) is 3. The van der Waals surface area contributed by atoms with E-state index in [1.807, 2.05) is 12.1 Å². The Morgan fingerprint density at radius 2 is 2.20 bits per heavy atom. The van der Waals surface area contributed by atoms with Crippen molar-refractivity contribution < 1.29 is 4.42 Å². The van der Waals surface area contributed by atoms with Crippen molar-refractivity contribution in [1.29, 1.82) is 0 Å². The highest BCUT2D eigenvalue weighted by Crippen LogP contribution is 2.16. The average molecular weight is 462 g/mol. The van der Waals surface area contributed by atoms with Crippen molar-refractivity contribution in [3.05, 3.63) is 24.2 Å². The number of likely N-dealkylation sites (tertiary alicyclic amines) is 1. The normalized spacial score (nSPS) is 18.6. The van der Waals surface area contributed by atoms with Gasteiger partial charge >= 0.3 is 0 Å². The highest BCUT2D eigenvalue weighted by atomic mass is 127. The van der Waals surface area contributed by atoms with Gasteiger partial charge in [0.15, 0.2) is 5.96 Å². The van der Waals surface area contributed by atoms with E-state index in [1.54, 1.807) is 6.26 Å². The molecule has 0 aliphatic carbocycles. The van der Waals surface area contributed by atoms with Crippen LogP contribution in [0.5, 0.6) is 0 Å². The Kier molecular flexibility index (Phi) is 12.0. The topological polar surface area (TPSA) is 52.8 Å². The minimum absolute atomic E-state index is 0. The Bertz CT molecular complexity index is 464. The summed E-state index contributed by atoms with van der Waals surface area (Å²) >= 11 is 0. The van der Waals surface area contributed by atoms with Crippen molar-refractivity contribution in [3.63, 3.8) is 0 Å². The van der Waals surface area contributed by atoms with Gasteiger partial charge in [0.1, 0.15) is 5.76 Å². The van der Waals surface area contributed by atoms with Crippen LogP contribution in [-0.4, -0.2) is 49.6 Å². The van der Waals surface area contributed by atoms with Gasteiger partial charge in [0.05, 0.1) is 6.26 Å². The van der Waals surface area contributed by atoms with Crippen molar-refractivity contribution >= 4 is 29.9 Å². The van der Waals surface area contributed by atoms with E-state index < -0.39 is 0 Å². The third kappa shape index (κ3) is 8.94. The molecule has 5 nitrogen and oxygen atoms in total. The van der Waals surface area contributed by atoms with Gasteiger partial charge in [-0.25, -0.2) is 0 Å². The van der Waals surface area contributed by atoms with Crippen LogP contribution in [0.1, 0.15) is 51.7 Å². The van der Waals surface area contributed by atoms with E-state index >= 15 is 0 Å². The van der Waals surface area contributed by atoms with Crippen LogP contribution in [-0.2, 0) is 6.42 Å². The van der Waals surface area contributed by atoms with E-state index in [1.165, 1.54) is 38.8 Å². The van der Waals surface area contributed by atoms with Crippen molar-refractivity contribution in [2.45, 2.75) is 58.4 Å². The maximum Gasteiger partial charge on any atom is 0.191 e. The zero-order valence-electron chi connectivity index (χ0n) is 15.8. The molecular weight excluding hydrogens is 427 g/mol. The van der Waals surface area contributed by atoms with E-state index in [4.69, 9.17) is 4.42 Å². The van der Waals surface area contributed by atoms with Gasteiger partial charge < -0.3 is 20.0 Å². The van der Waals surface area contributed by atoms with Gasteiger partial charge in [-0.1, -0.05) is 6.42 Å². The van der Waals surface area contributed by atoms with E-state index in [0.29, 0.717) is 0 Å². The zero-order chi connectivity index (χ0) is 17.0. The molecule has 2 rings (SSSR count). The summed E-state index contributed by atoms with van der Waals surface area (Å²) in [5, 5.41) is 6.68. The summed E-state index contributed by atoms with van der Waals surface area (Å²) in [6.07, 6.45) is 9.12. The van der Waals surface area contributed by atoms with Crippen LogP contribution in [0.25, 0.3) is 0 Å². The number of furan rings is 1. The smallest absolute Gasteiger partial charge is 0.191 e. The monoisotopic (exact) mass is 462 g/mol. The molecule has 0 radical (unpaired) electrons. The Balaban J connectivity index is 0.00000312. The molecule has 1 fully saturated rings. The Hall–Kier alpha value is -0.760. The van der Waals surface area contributed by atoms with Crippen LogP contribution in [0.2, 0.25) is 0 Å². The molecule has 144 valence electrons. The quantitative estimate of drug-likeness (QED) is 0.255. The number of hydrogen-bond donors (Lipinski definition) is 2. The first-order chi connectivity index (χ1) is 11.8. The first-order valence-electron chi connectivity index (χ1n) is 9.58. The minimum atomic E-state index is 0. The molecule has 2 heterocycles. The summed E-state index contributed by atoms with van der Waals surface area (Å²) in [5.74, 6) is 1.92. The van der Waals surface area contributed by atoms with Gasteiger partial charge in [-0.15, -0.1) is 24.0 Å². The number of nitrogens with zero attached hydrogens (tertiary/aromatic N) is 2. The van der Waals surface area contributed by atoms with Gasteiger partial charge in [-0.2, -0.15) is 0 Å². The zero-order valence-corrected chi connectivity index (χ0v) is 18.1.